The Bertz CT molecular complexity index is 736. The number of H-pyrrole nitrogens is 1. The summed E-state index contributed by atoms with van der Waals surface area (Å²) in [6.45, 7) is 6.17. The smallest absolute Gasteiger partial charge is 0.227 e. The van der Waals surface area contributed by atoms with Crippen molar-refractivity contribution in [2.45, 2.75) is 26.3 Å². The molecule has 6 heteroatoms. The lowest BCUT2D eigenvalue weighted by atomic mass is 10.0. The van der Waals surface area contributed by atoms with Crippen molar-refractivity contribution in [1.29, 1.82) is 0 Å². The monoisotopic (exact) mass is 342 g/mol. The maximum absolute atomic E-state index is 12.8. The zero-order valence-electron chi connectivity index (χ0n) is 15.4. The molecular weight excluding hydrogens is 316 g/mol. The van der Waals surface area contributed by atoms with Gasteiger partial charge in [-0.15, -0.1) is 0 Å². The summed E-state index contributed by atoms with van der Waals surface area (Å²) in [5, 5.41) is 7.15. The third kappa shape index (κ3) is 3.54. The van der Waals surface area contributed by atoms with Gasteiger partial charge in [0.05, 0.1) is 25.3 Å². The van der Waals surface area contributed by atoms with E-state index in [0.717, 1.165) is 41.4 Å². The van der Waals surface area contributed by atoms with E-state index in [1.807, 2.05) is 36.9 Å². The topological polar surface area (TPSA) is 61.5 Å². The van der Waals surface area contributed by atoms with Gasteiger partial charge in [-0.25, -0.2) is 0 Å². The van der Waals surface area contributed by atoms with Crippen LogP contribution in [0.5, 0.6) is 5.75 Å². The number of aromatic amines is 1. The van der Waals surface area contributed by atoms with E-state index in [0.29, 0.717) is 13.0 Å². The quantitative estimate of drug-likeness (QED) is 0.924. The van der Waals surface area contributed by atoms with E-state index in [2.05, 4.69) is 28.2 Å². The lowest BCUT2D eigenvalue weighted by Gasteiger charge is -2.40. The number of nitrogens with zero attached hydrogens (tertiary/aromatic N) is 3. The van der Waals surface area contributed by atoms with Crippen molar-refractivity contribution in [3.05, 3.63) is 46.8 Å². The first-order valence-corrected chi connectivity index (χ1v) is 8.62. The highest BCUT2D eigenvalue weighted by Gasteiger charge is 2.30. The maximum atomic E-state index is 12.8. The molecule has 1 saturated heterocycles. The molecule has 1 atom stereocenters. The number of aryl methyl sites for hydroxylation is 2. The Balaban J connectivity index is 1.77. The summed E-state index contributed by atoms with van der Waals surface area (Å²) in [6, 6.07) is 8.18. The van der Waals surface area contributed by atoms with Crippen LogP contribution >= 0.6 is 0 Å². The van der Waals surface area contributed by atoms with Crippen molar-refractivity contribution in [2.24, 2.45) is 0 Å². The van der Waals surface area contributed by atoms with Gasteiger partial charge in [0.2, 0.25) is 5.91 Å². The molecule has 1 N–H and O–H groups in total. The number of piperazine rings is 1. The first kappa shape index (κ1) is 17.5. The van der Waals surface area contributed by atoms with Gasteiger partial charge in [0.25, 0.3) is 0 Å². The van der Waals surface area contributed by atoms with E-state index in [4.69, 9.17) is 4.74 Å². The zero-order chi connectivity index (χ0) is 18.0. The summed E-state index contributed by atoms with van der Waals surface area (Å²) < 4.78 is 5.52. The predicted molar refractivity (Wildman–Crippen MR) is 96.7 cm³/mol. The number of rotatable bonds is 4. The van der Waals surface area contributed by atoms with Gasteiger partial charge >= 0.3 is 0 Å². The molecule has 1 aromatic heterocycles. The molecule has 25 heavy (non-hydrogen) atoms. The minimum atomic E-state index is 0.139. The number of amides is 1. The average molecular weight is 342 g/mol. The number of nitrogens with one attached hydrogen (secondary N) is 1. The zero-order valence-corrected chi connectivity index (χ0v) is 15.4. The molecule has 3 rings (SSSR count). The van der Waals surface area contributed by atoms with Crippen LogP contribution in [0.4, 0.5) is 0 Å². The fraction of sp³-hybridized carbons (Fsp3) is 0.474. The minimum absolute atomic E-state index is 0.139. The Morgan fingerprint density at radius 2 is 2.08 bits per heavy atom. The van der Waals surface area contributed by atoms with Crippen LogP contribution in [-0.4, -0.2) is 59.7 Å². The Labute approximate surface area is 148 Å². The third-order valence-corrected chi connectivity index (χ3v) is 5.11. The summed E-state index contributed by atoms with van der Waals surface area (Å²) in [7, 11) is 3.79. The molecular formula is C19H26N4O2. The van der Waals surface area contributed by atoms with Crippen LogP contribution in [0, 0.1) is 13.8 Å². The van der Waals surface area contributed by atoms with Crippen LogP contribution in [0.15, 0.2) is 24.3 Å². The molecule has 0 spiro atoms. The number of carbonyl (C=O) groups is 1. The minimum Gasteiger partial charge on any atom is -0.496 e. The van der Waals surface area contributed by atoms with E-state index >= 15 is 0 Å². The molecule has 1 amide bonds. The average Bonchev–Trinajstić information content (AvgIpc) is 2.94. The number of aromatic nitrogens is 2. The van der Waals surface area contributed by atoms with Gasteiger partial charge in [-0.05, 0) is 27.0 Å². The summed E-state index contributed by atoms with van der Waals surface area (Å²) in [5.74, 6) is 1.02. The Kier molecular flexibility index (Phi) is 5.08. The van der Waals surface area contributed by atoms with Crippen LogP contribution in [0.25, 0.3) is 0 Å². The molecule has 134 valence electrons. The molecule has 1 fully saturated rings. The molecule has 0 saturated carbocycles. The molecule has 2 heterocycles. The van der Waals surface area contributed by atoms with Crippen molar-refractivity contribution < 1.29 is 9.53 Å². The molecule has 0 aliphatic carbocycles. The molecule has 2 aromatic rings. The van der Waals surface area contributed by atoms with Crippen molar-refractivity contribution in [1.82, 2.24) is 20.0 Å². The number of carbonyl (C=O) groups excluding carboxylic acids is 1. The SMILES string of the molecule is COc1ccccc1[C@@H]1CN(C(=O)Cc2c(C)n[nH]c2C)CCN1C. The van der Waals surface area contributed by atoms with Gasteiger partial charge in [-0.3, -0.25) is 14.8 Å². The van der Waals surface area contributed by atoms with E-state index in [1.54, 1.807) is 7.11 Å². The summed E-state index contributed by atoms with van der Waals surface area (Å²) >= 11 is 0. The van der Waals surface area contributed by atoms with Gasteiger partial charge in [0.15, 0.2) is 0 Å². The van der Waals surface area contributed by atoms with Crippen LogP contribution < -0.4 is 4.74 Å². The van der Waals surface area contributed by atoms with E-state index in [9.17, 15) is 4.79 Å². The van der Waals surface area contributed by atoms with Crippen molar-refractivity contribution in [3.8, 4) is 5.75 Å². The van der Waals surface area contributed by atoms with Crippen molar-refractivity contribution in [2.75, 3.05) is 33.8 Å². The van der Waals surface area contributed by atoms with Crippen LogP contribution in [0.2, 0.25) is 0 Å². The second-order valence-electron chi connectivity index (χ2n) is 6.67. The predicted octanol–water partition coefficient (Wildman–Crippen LogP) is 2.09. The first-order chi connectivity index (χ1) is 12.0. The highest BCUT2D eigenvalue weighted by Crippen LogP contribution is 2.31. The van der Waals surface area contributed by atoms with Gasteiger partial charge in [0.1, 0.15) is 5.75 Å². The summed E-state index contributed by atoms with van der Waals surface area (Å²) in [4.78, 5) is 17.1. The number of ether oxygens (including phenoxy) is 1. The lowest BCUT2D eigenvalue weighted by molar-refractivity contribution is -0.133. The molecule has 0 bridgehead atoms. The van der Waals surface area contributed by atoms with Gasteiger partial charge in [-0.1, -0.05) is 18.2 Å². The largest absolute Gasteiger partial charge is 0.496 e. The highest BCUT2D eigenvalue weighted by atomic mass is 16.5. The van der Waals surface area contributed by atoms with Gasteiger partial charge in [-0.2, -0.15) is 5.10 Å². The first-order valence-electron chi connectivity index (χ1n) is 8.62. The van der Waals surface area contributed by atoms with Gasteiger partial charge < -0.3 is 9.64 Å². The van der Waals surface area contributed by atoms with Crippen LogP contribution in [0.1, 0.15) is 28.6 Å². The fourth-order valence-electron chi connectivity index (χ4n) is 3.48. The van der Waals surface area contributed by atoms with Crippen molar-refractivity contribution in [3.63, 3.8) is 0 Å². The standard InChI is InChI=1S/C19H26N4O2/c1-13-16(14(2)21-20-13)11-19(24)23-10-9-22(3)17(12-23)15-7-5-6-8-18(15)25-4/h5-8,17H,9-12H2,1-4H3,(H,20,21)/t17-/m0/s1. The molecule has 0 unspecified atom stereocenters. The number of likely N-dealkylation sites (N-methyl/N-ethyl adjacent to an activating group) is 1. The number of hydrogen-bond donors (Lipinski definition) is 1. The number of benzene rings is 1. The molecule has 1 aromatic carbocycles. The summed E-state index contributed by atoms with van der Waals surface area (Å²) in [5.41, 5.74) is 4.01. The van der Waals surface area contributed by atoms with Crippen molar-refractivity contribution >= 4 is 5.91 Å². The normalized spacial score (nSPS) is 18.4. The Morgan fingerprint density at radius 3 is 2.76 bits per heavy atom. The second kappa shape index (κ2) is 7.27. The molecule has 0 radical (unpaired) electrons. The van der Waals surface area contributed by atoms with E-state index in [1.165, 1.54) is 0 Å². The maximum Gasteiger partial charge on any atom is 0.227 e. The lowest BCUT2D eigenvalue weighted by Crippen LogP contribution is -2.49. The second-order valence-corrected chi connectivity index (χ2v) is 6.67. The number of methoxy groups -OCH3 is 1. The number of para-hydroxylation sites is 1. The molecule has 1 aliphatic heterocycles. The Hall–Kier alpha value is -2.34. The highest BCUT2D eigenvalue weighted by molar-refractivity contribution is 5.79. The fourth-order valence-corrected chi connectivity index (χ4v) is 3.48. The van der Waals surface area contributed by atoms with E-state index < -0.39 is 0 Å². The molecule has 1 aliphatic rings. The summed E-state index contributed by atoms with van der Waals surface area (Å²) in [6.07, 6.45) is 0.399. The van der Waals surface area contributed by atoms with Crippen LogP contribution in [0.3, 0.4) is 0 Å². The Morgan fingerprint density at radius 1 is 1.32 bits per heavy atom. The van der Waals surface area contributed by atoms with E-state index in [-0.39, 0.29) is 11.9 Å². The van der Waals surface area contributed by atoms with Crippen LogP contribution in [-0.2, 0) is 11.2 Å². The molecule has 6 nitrogen and oxygen atoms in total. The third-order valence-electron chi connectivity index (χ3n) is 5.11. The van der Waals surface area contributed by atoms with Gasteiger partial charge in [0, 0.05) is 36.5 Å². The number of hydrogen-bond acceptors (Lipinski definition) is 4.